The van der Waals surface area contributed by atoms with E-state index in [1.807, 2.05) is 29.2 Å². The molecule has 4 rings (SSSR count). The molecule has 144 valence electrons. The SMILES string of the molecule is O=C(c1ccccc1CN1C(=O)CNC1=O)N1CCN(c2ccccn2)CC1. The summed E-state index contributed by atoms with van der Waals surface area (Å²) in [7, 11) is 0. The molecule has 0 unspecified atom stereocenters. The molecule has 3 heterocycles. The van der Waals surface area contributed by atoms with Crippen molar-refractivity contribution in [2.75, 3.05) is 37.6 Å². The van der Waals surface area contributed by atoms with Crippen LogP contribution in [0.3, 0.4) is 0 Å². The lowest BCUT2D eigenvalue weighted by Gasteiger charge is -2.35. The summed E-state index contributed by atoms with van der Waals surface area (Å²) < 4.78 is 0. The standard InChI is InChI=1S/C20H21N5O3/c26-18-13-22-20(28)25(18)14-15-5-1-2-6-16(15)19(27)24-11-9-23(10-12-24)17-7-3-4-8-21-17/h1-8H,9-14H2,(H,22,28). The van der Waals surface area contributed by atoms with E-state index in [2.05, 4.69) is 15.2 Å². The smallest absolute Gasteiger partial charge is 0.324 e. The van der Waals surface area contributed by atoms with Crippen molar-refractivity contribution in [3.8, 4) is 0 Å². The van der Waals surface area contributed by atoms with E-state index in [9.17, 15) is 14.4 Å². The van der Waals surface area contributed by atoms with Crippen LogP contribution < -0.4 is 10.2 Å². The van der Waals surface area contributed by atoms with Crippen LogP contribution in [0.15, 0.2) is 48.7 Å². The maximum atomic E-state index is 13.1. The molecule has 1 aromatic carbocycles. The molecular formula is C20H21N5O3. The van der Waals surface area contributed by atoms with Crippen molar-refractivity contribution in [2.24, 2.45) is 0 Å². The van der Waals surface area contributed by atoms with Gasteiger partial charge in [0.15, 0.2) is 0 Å². The van der Waals surface area contributed by atoms with Crippen LogP contribution in [0.1, 0.15) is 15.9 Å². The Morgan fingerprint density at radius 3 is 2.43 bits per heavy atom. The molecular weight excluding hydrogens is 358 g/mol. The van der Waals surface area contributed by atoms with Gasteiger partial charge in [0, 0.05) is 37.9 Å². The summed E-state index contributed by atoms with van der Waals surface area (Å²) in [6.07, 6.45) is 1.76. The Kier molecular flexibility index (Phi) is 4.92. The highest BCUT2D eigenvalue weighted by atomic mass is 16.2. The van der Waals surface area contributed by atoms with Crippen molar-refractivity contribution in [1.82, 2.24) is 20.1 Å². The fraction of sp³-hybridized carbons (Fsp3) is 0.300. The van der Waals surface area contributed by atoms with Crippen molar-refractivity contribution in [3.63, 3.8) is 0 Å². The summed E-state index contributed by atoms with van der Waals surface area (Å²) in [5, 5.41) is 2.50. The molecule has 0 radical (unpaired) electrons. The van der Waals surface area contributed by atoms with Gasteiger partial charge in [-0.15, -0.1) is 0 Å². The molecule has 2 aromatic rings. The molecule has 28 heavy (non-hydrogen) atoms. The number of anilines is 1. The van der Waals surface area contributed by atoms with Crippen molar-refractivity contribution < 1.29 is 14.4 Å². The van der Waals surface area contributed by atoms with Crippen molar-refractivity contribution in [3.05, 3.63) is 59.8 Å². The van der Waals surface area contributed by atoms with E-state index in [-0.39, 0.29) is 24.9 Å². The monoisotopic (exact) mass is 379 g/mol. The molecule has 0 atom stereocenters. The highest BCUT2D eigenvalue weighted by Crippen LogP contribution is 2.18. The molecule has 1 aromatic heterocycles. The second-order valence-corrected chi connectivity index (χ2v) is 6.76. The Morgan fingerprint density at radius 2 is 1.75 bits per heavy atom. The normalized spacial score (nSPS) is 17.1. The van der Waals surface area contributed by atoms with Crippen LogP contribution in [0.5, 0.6) is 0 Å². The molecule has 1 N–H and O–H groups in total. The van der Waals surface area contributed by atoms with Crippen LogP contribution in [0.4, 0.5) is 10.6 Å². The first-order chi connectivity index (χ1) is 13.6. The van der Waals surface area contributed by atoms with E-state index in [0.29, 0.717) is 37.3 Å². The largest absolute Gasteiger partial charge is 0.353 e. The summed E-state index contributed by atoms with van der Waals surface area (Å²) in [6.45, 7) is 2.69. The molecule has 0 saturated carbocycles. The van der Waals surface area contributed by atoms with Gasteiger partial charge in [0.1, 0.15) is 5.82 Å². The van der Waals surface area contributed by atoms with Gasteiger partial charge < -0.3 is 15.1 Å². The Bertz CT molecular complexity index is 878. The van der Waals surface area contributed by atoms with Gasteiger partial charge in [0.05, 0.1) is 13.1 Å². The first kappa shape index (κ1) is 18.0. The van der Waals surface area contributed by atoms with Gasteiger partial charge in [-0.2, -0.15) is 0 Å². The van der Waals surface area contributed by atoms with E-state index < -0.39 is 6.03 Å². The molecule has 0 aliphatic carbocycles. The topological polar surface area (TPSA) is 85.8 Å². The van der Waals surface area contributed by atoms with Crippen LogP contribution in [0.25, 0.3) is 0 Å². The summed E-state index contributed by atoms with van der Waals surface area (Å²) in [5.41, 5.74) is 1.20. The van der Waals surface area contributed by atoms with Gasteiger partial charge in [-0.1, -0.05) is 24.3 Å². The number of hydrogen-bond donors (Lipinski definition) is 1. The number of piperazine rings is 1. The molecule has 0 bridgehead atoms. The van der Waals surface area contributed by atoms with Gasteiger partial charge in [-0.05, 0) is 23.8 Å². The lowest BCUT2D eigenvalue weighted by atomic mass is 10.1. The minimum atomic E-state index is -0.420. The van der Waals surface area contributed by atoms with E-state index in [0.717, 1.165) is 10.7 Å². The maximum absolute atomic E-state index is 13.1. The molecule has 8 nitrogen and oxygen atoms in total. The van der Waals surface area contributed by atoms with E-state index in [1.54, 1.807) is 24.4 Å². The first-order valence-electron chi connectivity index (χ1n) is 9.25. The number of imide groups is 1. The number of amides is 4. The van der Waals surface area contributed by atoms with Crippen LogP contribution in [0, 0.1) is 0 Å². The zero-order chi connectivity index (χ0) is 19.5. The second-order valence-electron chi connectivity index (χ2n) is 6.76. The molecule has 4 amide bonds. The minimum absolute atomic E-state index is 0.00439. The number of benzene rings is 1. The van der Waals surface area contributed by atoms with Gasteiger partial charge in [-0.3, -0.25) is 14.5 Å². The maximum Gasteiger partial charge on any atom is 0.324 e. The summed E-state index contributed by atoms with van der Waals surface area (Å²) >= 11 is 0. The number of pyridine rings is 1. The van der Waals surface area contributed by atoms with E-state index in [4.69, 9.17) is 0 Å². The Labute approximate surface area is 162 Å². The molecule has 2 aliphatic heterocycles. The molecule has 0 spiro atoms. The number of rotatable bonds is 4. The summed E-state index contributed by atoms with van der Waals surface area (Å²) in [5.74, 6) is 0.549. The first-order valence-corrected chi connectivity index (χ1v) is 9.25. The average Bonchev–Trinajstić information content (AvgIpc) is 3.06. The van der Waals surface area contributed by atoms with Crippen molar-refractivity contribution in [1.29, 1.82) is 0 Å². The fourth-order valence-corrected chi connectivity index (χ4v) is 3.50. The Hall–Kier alpha value is -3.42. The second kappa shape index (κ2) is 7.67. The lowest BCUT2D eigenvalue weighted by molar-refractivity contribution is -0.125. The highest BCUT2D eigenvalue weighted by Gasteiger charge is 2.30. The van der Waals surface area contributed by atoms with Gasteiger partial charge in [0.2, 0.25) is 5.91 Å². The fourth-order valence-electron chi connectivity index (χ4n) is 3.50. The number of nitrogens with zero attached hydrogens (tertiary/aromatic N) is 4. The molecule has 2 aliphatic rings. The van der Waals surface area contributed by atoms with E-state index in [1.165, 1.54) is 0 Å². The zero-order valence-corrected chi connectivity index (χ0v) is 15.4. The number of urea groups is 1. The summed E-state index contributed by atoms with van der Waals surface area (Å²) in [4.78, 5) is 46.3. The lowest BCUT2D eigenvalue weighted by Crippen LogP contribution is -2.49. The van der Waals surface area contributed by atoms with E-state index >= 15 is 0 Å². The Morgan fingerprint density at radius 1 is 1.00 bits per heavy atom. The van der Waals surface area contributed by atoms with Gasteiger partial charge in [-0.25, -0.2) is 9.78 Å². The van der Waals surface area contributed by atoms with Crippen LogP contribution in [-0.4, -0.2) is 65.4 Å². The number of hydrogen-bond acceptors (Lipinski definition) is 5. The number of aromatic nitrogens is 1. The summed E-state index contributed by atoms with van der Waals surface area (Å²) in [6, 6.07) is 12.5. The van der Waals surface area contributed by atoms with Crippen molar-refractivity contribution >= 4 is 23.7 Å². The predicted octanol–water partition coefficient (Wildman–Crippen LogP) is 1.10. The van der Waals surface area contributed by atoms with Crippen LogP contribution >= 0.6 is 0 Å². The number of carbonyl (C=O) groups excluding carboxylic acids is 3. The third kappa shape index (κ3) is 3.53. The van der Waals surface area contributed by atoms with Crippen LogP contribution in [-0.2, 0) is 11.3 Å². The molecule has 2 fully saturated rings. The van der Waals surface area contributed by atoms with Crippen molar-refractivity contribution in [2.45, 2.75) is 6.54 Å². The van der Waals surface area contributed by atoms with Gasteiger partial charge >= 0.3 is 6.03 Å². The number of carbonyl (C=O) groups is 3. The van der Waals surface area contributed by atoms with Gasteiger partial charge in [0.25, 0.3) is 5.91 Å². The zero-order valence-electron chi connectivity index (χ0n) is 15.4. The highest BCUT2D eigenvalue weighted by molar-refractivity contribution is 6.02. The number of nitrogens with one attached hydrogen (secondary N) is 1. The molecule has 8 heteroatoms. The minimum Gasteiger partial charge on any atom is -0.353 e. The van der Waals surface area contributed by atoms with Crippen LogP contribution in [0.2, 0.25) is 0 Å². The Balaban J connectivity index is 1.46. The molecule has 2 saturated heterocycles. The predicted molar refractivity (Wildman–Crippen MR) is 103 cm³/mol. The average molecular weight is 379 g/mol. The third-order valence-corrected chi connectivity index (χ3v) is 5.05. The quantitative estimate of drug-likeness (QED) is 0.804. The third-order valence-electron chi connectivity index (χ3n) is 5.05.